The summed E-state index contributed by atoms with van der Waals surface area (Å²) in [4.78, 5) is 0. The van der Waals surface area contributed by atoms with E-state index in [1.807, 2.05) is 0 Å². The van der Waals surface area contributed by atoms with Gasteiger partial charge in [0.15, 0.2) is 0 Å². The van der Waals surface area contributed by atoms with E-state index < -0.39 is 18.6 Å². The summed E-state index contributed by atoms with van der Waals surface area (Å²) in [7, 11) is 0. The summed E-state index contributed by atoms with van der Waals surface area (Å²) in [6.45, 7) is 2.53. The van der Waals surface area contributed by atoms with Crippen molar-refractivity contribution in [2.45, 2.75) is 26.6 Å². The molecule has 0 spiro atoms. The molecule has 2 N–H and O–H groups in total. The van der Waals surface area contributed by atoms with Gasteiger partial charge in [0, 0.05) is 6.54 Å². The maximum Gasteiger partial charge on any atom is 0.394 e. The zero-order chi connectivity index (χ0) is 12.5. The molecule has 92 valence electrons. The molecule has 0 aliphatic carbocycles. The fourth-order valence-electron chi connectivity index (χ4n) is 1.37. The van der Waals surface area contributed by atoms with Crippen molar-refractivity contribution in [1.29, 1.82) is 0 Å². The fourth-order valence-corrected chi connectivity index (χ4v) is 1.51. The van der Waals surface area contributed by atoms with E-state index in [2.05, 4.69) is 5.10 Å². The summed E-state index contributed by atoms with van der Waals surface area (Å²) >= 11 is 5.84. The van der Waals surface area contributed by atoms with Crippen molar-refractivity contribution in [3.05, 3.63) is 16.4 Å². The first kappa shape index (κ1) is 13.3. The third kappa shape index (κ3) is 2.68. The Morgan fingerprint density at radius 2 is 2.00 bits per heavy atom. The Hall–Kier alpha value is -0.750. The molecule has 1 atom stereocenters. The van der Waals surface area contributed by atoms with Crippen LogP contribution in [-0.4, -0.2) is 22.5 Å². The molecule has 0 fully saturated rings. The van der Waals surface area contributed by atoms with Crippen LogP contribution in [0, 0.1) is 19.8 Å². The summed E-state index contributed by atoms with van der Waals surface area (Å²) in [6.07, 6.45) is -4.31. The van der Waals surface area contributed by atoms with Gasteiger partial charge in [-0.25, -0.2) is 0 Å². The smallest absolute Gasteiger partial charge is 0.330 e. The maximum absolute atomic E-state index is 12.5. The summed E-state index contributed by atoms with van der Waals surface area (Å²) in [5, 5.41) is 4.34. The number of hydrogen-bond donors (Lipinski definition) is 1. The minimum Gasteiger partial charge on any atom is -0.330 e. The van der Waals surface area contributed by atoms with Gasteiger partial charge in [-0.2, -0.15) is 18.3 Å². The molecule has 1 heterocycles. The van der Waals surface area contributed by atoms with Crippen molar-refractivity contribution in [2.24, 2.45) is 11.7 Å². The maximum atomic E-state index is 12.5. The number of rotatable bonds is 3. The Balaban J connectivity index is 2.91. The van der Waals surface area contributed by atoms with Gasteiger partial charge in [-0.1, -0.05) is 11.6 Å². The largest absolute Gasteiger partial charge is 0.394 e. The zero-order valence-corrected chi connectivity index (χ0v) is 9.73. The Labute approximate surface area is 96.4 Å². The normalized spacial score (nSPS) is 14.2. The molecule has 1 unspecified atom stereocenters. The highest BCUT2D eigenvalue weighted by Gasteiger charge is 2.39. The van der Waals surface area contributed by atoms with Crippen LogP contribution < -0.4 is 5.73 Å². The third-order valence-electron chi connectivity index (χ3n) is 2.43. The first-order valence-corrected chi connectivity index (χ1v) is 5.11. The molecular weight excluding hydrogens is 243 g/mol. The molecule has 3 nitrogen and oxygen atoms in total. The van der Waals surface area contributed by atoms with Crippen LogP contribution >= 0.6 is 11.6 Å². The monoisotopic (exact) mass is 255 g/mol. The van der Waals surface area contributed by atoms with E-state index in [0.29, 0.717) is 16.4 Å². The van der Waals surface area contributed by atoms with Gasteiger partial charge in [0.1, 0.15) is 0 Å². The van der Waals surface area contributed by atoms with Crippen LogP contribution in [0.25, 0.3) is 0 Å². The summed E-state index contributed by atoms with van der Waals surface area (Å²) in [5.74, 6) is -1.60. The summed E-state index contributed by atoms with van der Waals surface area (Å²) < 4.78 is 38.7. The number of nitrogens with zero attached hydrogens (tertiary/aromatic N) is 2. The Kier molecular flexibility index (Phi) is 3.85. The van der Waals surface area contributed by atoms with Gasteiger partial charge >= 0.3 is 6.18 Å². The second kappa shape index (κ2) is 4.63. The van der Waals surface area contributed by atoms with Gasteiger partial charge in [-0.3, -0.25) is 4.68 Å². The molecule has 0 aromatic carbocycles. The second-order valence-electron chi connectivity index (χ2n) is 3.64. The van der Waals surface area contributed by atoms with Gasteiger partial charge in [-0.05, 0) is 13.8 Å². The topological polar surface area (TPSA) is 43.8 Å². The third-order valence-corrected chi connectivity index (χ3v) is 2.98. The van der Waals surface area contributed by atoms with Crippen LogP contribution in [0.1, 0.15) is 11.4 Å². The molecule has 1 aromatic rings. The van der Waals surface area contributed by atoms with E-state index >= 15 is 0 Å². The van der Waals surface area contributed by atoms with Crippen molar-refractivity contribution in [3.63, 3.8) is 0 Å². The number of alkyl halides is 3. The molecule has 1 rings (SSSR count). The molecule has 0 saturated heterocycles. The number of aryl methyl sites for hydroxylation is 1. The van der Waals surface area contributed by atoms with E-state index in [1.54, 1.807) is 13.8 Å². The van der Waals surface area contributed by atoms with E-state index in [0.717, 1.165) is 0 Å². The zero-order valence-electron chi connectivity index (χ0n) is 8.98. The van der Waals surface area contributed by atoms with Crippen LogP contribution in [0.4, 0.5) is 13.2 Å². The molecule has 0 radical (unpaired) electrons. The van der Waals surface area contributed by atoms with Crippen LogP contribution in [0.2, 0.25) is 5.02 Å². The molecular formula is C9H13ClF3N3. The molecule has 0 bridgehead atoms. The Morgan fingerprint density at radius 3 is 2.31 bits per heavy atom. The SMILES string of the molecule is Cc1nn(CC(CN)C(F)(F)F)c(C)c1Cl. The standard InChI is InChI=1S/C9H13ClF3N3/c1-5-8(10)6(2)16(15-5)4-7(3-14)9(11,12)13/h7H,3-4,14H2,1-2H3. The van der Waals surface area contributed by atoms with E-state index in [9.17, 15) is 13.2 Å². The average Bonchev–Trinajstić information content (AvgIpc) is 2.40. The lowest BCUT2D eigenvalue weighted by Crippen LogP contribution is -2.34. The molecule has 16 heavy (non-hydrogen) atoms. The molecule has 0 saturated carbocycles. The van der Waals surface area contributed by atoms with Gasteiger partial charge < -0.3 is 5.73 Å². The predicted molar refractivity (Wildman–Crippen MR) is 55.3 cm³/mol. The first-order valence-electron chi connectivity index (χ1n) is 4.73. The quantitative estimate of drug-likeness (QED) is 0.901. The fraction of sp³-hybridized carbons (Fsp3) is 0.667. The number of aromatic nitrogens is 2. The molecule has 1 aromatic heterocycles. The van der Waals surface area contributed by atoms with Crippen molar-refractivity contribution in [2.75, 3.05) is 6.54 Å². The highest BCUT2D eigenvalue weighted by atomic mass is 35.5. The van der Waals surface area contributed by atoms with Gasteiger partial charge in [0.05, 0.1) is 28.9 Å². The van der Waals surface area contributed by atoms with Crippen LogP contribution in [0.5, 0.6) is 0 Å². The number of nitrogens with two attached hydrogens (primary N) is 1. The van der Waals surface area contributed by atoms with Gasteiger partial charge in [0.2, 0.25) is 0 Å². The summed E-state index contributed by atoms with van der Waals surface area (Å²) in [6, 6.07) is 0. The van der Waals surface area contributed by atoms with E-state index in [4.69, 9.17) is 17.3 Å². The lowest BCUT2D eigenvalue weighted by Gasteiger charge is -2.18. The van der Waals surface area contributed by atoms with Gasteiger partial charge in [-0.15, -0.1) is 0 Å². The van der Waals surface area contributed by atoms with Crippen LogP contribution in [-0.2, 0) is 6.54 Å². The summed E-state index contributed by atoms with van der Waals surface area (Å²) in [5.41, 5.74) is 6.16. The van der Waals surface area contributed by atoms with Crippen molar-refractivity contribution in [1.82, 2.24) is 9.78 Å². The molecule has 0 aliphatic rings. The first-order chi connectivity index (χ1) is 7.27. The Morgan fingerprint density at radius 1 is 1.44 bits per heavy atom. The second-order valence-corrected chi connectivity index (χ2v) is 4.02. The molecule has 7 heteroatoms. The highest BCUT2D eigenvalue weighted by Crippen LogP contribution is 2.28. The highest BCUT2D eigenvalue weighted by molar-refractivity contribution is 6.31. The molecule has 0 amide bonds. The van der Waals surface area contributed by atoms with Crippen molar-refractivity contribution in [3.8, 4) is 0 Å². The Bertz CT molecular complexity index is 373. The van der Waals surface area contributed by atoms with Crippen LogP contribution in [0.3, 0.4) is 0 Å². The predicted octanol–water partition coefficient (Wildman–Crippen LogP) is 2.29. The van der Waals surface area contributed by atoms with Crippen molar-refractivity contribution >= 4 is 11.6 Å². The number of halogens is 4. The lowest BCUT2D eigenvalue weighted by molar-refractivity contribution is -0.175. The van der Waals surface area contributed by atoms with E-state index in [-0.39, 0.29) is 6.54 Å². The average molecular weight is 256 g/mol. The van der Waals surface area contributed by atoms with Crippen molar-refractivity contribution < 1.29 is 13.2 Å². The van der Waals surface area contributed by atoms with E-state index in [1.165, 1.54) is 4.68 Å². The molecule has 0 aliphatic heterocycles. The lowest BCUT2D eigenvalue weighted by atomic mass is 10.1. The minimum absolute atomic E-state index is 0.292. The van der Waals surface area contributed by atoms with Crippen LogP contribution in [0.15, 0.2) is 0 Å². The van der Waals surface area contributed by atoms with Gasteiger partial charge in [0.25, 0.3) is 0 Å². The number of hydrogen-bond acceptors (Lipinski definition) is 2. The minimum atomic E-state index is -4.31.